The van der Waals surface area contributed by atoms with Gasteiger partial charge in [0.1, 0.15) is 0 Å². The van der Waals surface area contributed by atoms with E-state index in [2.05, 4.69) is 47.0 Å². The van der Waals surface area contributed by atoms with Crippen LogP contribution in [0.5, 0.6) is 0 Å². The summed E-state index contributed by atoms with van der Waals surface area (Å²) < 4.78 is 0. The highest BCUT2D eigenvalue weighted by Crippen LogP contribution is 2.70. The number of nitrogens with zero attached hydrogens (tertiary/aromatic N) is 1. The van der Waals surface area contributed by atoms with Crippen molar-refractivity contribution >= 4 is 5.71 Å². The van der Waals surface area contributed by atoms with E-state index in [0.717, 1.165) is 66.1 Å². The molecule has 0 aromatic rings. The van der Waals surface area contributed by atoms with Crippen LogP contribution in [-0.4, -0.2) is 45.8 Å². The largest absolute Gasteiger partial charge is 0.393 e. The standard InChI is InChI=1S/C44H74N2O2.C2H6/c1-28-8-15-36-34(33(28)12-9-29(2)47)13-10-30-24-43(22-20-39(30,36)3)26-32(45-7)27-44(46-43)23-21-40(4)31(25-44)11-14-35-37(40)16-18-41(5)38(35)17-19-42(41,6)48;1-2/h28-31,33-38,46-48H,8-27H2,1-7H3;1-2H3. The zero-order valence-electron chi connectivity index (χ0n) is 34.3. The minimum absolute atomic E-state index is 0.125. The molecule has 0 amide bonds. The van der Waals surface area contributed by atoms with Crippen molar-refractivity contribution in [1.29, 1.82) is 0 Å². The van der Waals surface area contributed by atoms with Gasteiger partial charge in [0, 0.05) is 36.7 Å². The van der Waals surface area contributed by atoms with E-state index in [1.165, 1.54) is 121 Å². The van der Waals surface area contributed by atoms with Crippen molar-refractivity contribution in [2.75, 3.05) is 7.05 Å². The lowest BCUT2D eigenvalue weighted by molar-refractivity contribution is -0.155. The summed E-state index contributed by atoms with van der Waals surface area (Å²) in [5, 5.41) is 26.3. The fourth-order valence-corrected chi connectivity index (χ4v) is 16.4. The molecule has 286 valence electrons. The first-order valence-corrected chi connectivity index (χ1v) is 22.3. The molecule has 0 aromatic heterocycles. The lowest BCUT2D eigenvalue weighted by Gasteiger charge is -2.66. The lowest BCUT2D eigenvalue weighted by Crippen LogP contribution is -2.69. The first-order chi connectivity index (χ1) is 23.7. The number of rotatable bonds is 3. The number of aliphatic hydroxyl groups is 2. The van der Waals surface area contributed by atoms with E-state index in [0.29, 0.717) is 10.8 Å². The SMILES string of the molecule is CC.CN=C1CC2(CCC3(C)C(CCC4C(CCC(C)O)C(C)CCC43)C2)NC2(CCC3(C)C(CCC4C3CCC3(C)C4CCC3(C)O)C2)C1. The Morgan fingerprint density at radius 1 is 0.720 bits per heavy atom. The molecule has 3 N–H and O–H groups in total. The molecule has 8 aliphatic rings. The molecule has 0 bridgehead atoms. The number of piperidine rings is 1. The Labute approximate surface area is 308 Å². The Hall–Kier alpha value is -0.450. The minimum atomic E-state index is -0.474. The number of fused-ring (bicyclic) bond motifs is 8. The third-order valence-corrected chi connectivity index (χ3v) is 19.4. The van der Waals surface area contributed by atoms with E-state index in [9.17, 15) is 10.2 Å². The normalized spacial score (nSPS) is 55.6. The van der Waals surface area contributed by atoms with Gasteiger partial charge in [0.05, 0.1) is 11.7 Å². The summed E-state index contributed by atoms with van der Waals surface area (Å²) in [6.45, 7) is 18.6. The first kappa shape index (κ1) is 37.8. The van der Waals surface area contributed by atoms with Crippen LogP contribution >= 0.6 is 0 Å². The maximum Gasteiger partial charge on any atom is 0.0675 e. The maximum absolute atomic E-state index is 11.5. The number of aliphatic imine (C=N–C) groups is 1. The second-order valence-corrected chi connectivity index (χ2v) is 21.4. The fraction of sp³-hybridized carbons (Fsp3) is 0.978. The number of nitrogens with one attached hydrogen (secondary N) is 1. The molecular formula is C46H80N2O2. The third-order valence-electron chi connectivity index (χ3n) is 19.4. The topological polar surface area (TPSA) is 64.9 Å². The van der Waals surface area contributed by atoms with Crippen molar-refractivity contribution in [1.82, 2.24) is 5.32 Å². The lowest BCUT2D eigenvalue weighted by atomic mass is 9.42. The van der Waals surface area contributed by atoms with Crippen LogP contribution in [0, 0.1) is 69.5 Å². The van der Waals surface area contributed by atoms with Gasteiger partial charge in [-0.1, -0.05) is 48.0 Å². The Kier molecular flexibility index (Phi) is 10.1. The summed E-state index contributed by atoms with van der Waals surface area (Å²) in [5.41, 5.74) is 2.60. The Morgan fingerprint density at radius 2 is 1.28 bits per heavy atom. The predicted octanol–water partition coefficient (Wildman–Crippen LogP) is 10.8. The number of hydrogen-bond donors (Lipinski definition) is 3. The van der Waals surface area contributed by atoms with E-state index in [4.69, 9.17) is 4.99 Å². The molecule has 8 fully saturated rings. The number of aliphatic hydroxyl groups excluding tert-OH is 1. The van der Waals surface area contributed by atoms with Gasteiger partial charge in [-0.2, -0.15) is 0 Å². The summed E-state index contributed by atoms with van der Waals surface area (Å²) in [5.74, 6) is 7.46. The second kappa shape index (κ2) is 13.4. The van der Waals surface area contributed by atoms with Crippen LogP contribution in [0.2, 0.25) is 0 Å². The monoisotopic (exact) mass is 693 g/mol. The van der Waals surface area contributed by atoms with Crippen molar-refractivity contribution in [2.45, 2.75) is 207 Å². The van der Waals surface area contributed by atoms with Gasteiger partial charge in [-0.25, -0.2) is 0 Å². The zero-order chi connectivity index (χ0) is 35.9. The molecule has 4 heteroatoms. The molecule has 1 aliphatic heterocycles. The van der Waals surface area contributed by atoms with E-state index in [1.54, 1.807) is 0 Å². The highest BCUT2D eigenvalue weighted by molar-refractivity contribution is 5.87. The molecule has 4 nitrogen and oxygen atoms in total. The van der Waals surface area contributed by atoms with Crippen LogP contribution in [0.25, 0.3) is 0 Å². The predicted molar refractivity (Wildman–Crippen MR) is 209 cm³/mol. The molecular weight excluding hydrogens is 613 g/mol. The van der Waals surface area contributed by atoms with Crippen molar-refractivity contribution in [3.8, 4) is 0 Å². The van der Waals surface area contributed by atoms with Gasteiger partial charge in [0.15, 0.2) is 0 Å². The van der Waals surface area contributed by atoms with Gasteiger partial charge < -0.3 is 15.5 Å². The van der Waals surface area contributed by atoms with Crippen molar-refractivity contribution < 1.29 is 10.2 Å². The van der Waals surface area contributed by atoms with E-state index < -0.39 is 5.60 Å². The Balaban J connectivity index is 0.00000193. The molecule has 50 heavy (non-hydrogen) atoms. The van der Waals surface area contributed by atoms with Crippen LogP contribution in [0.1, 0.15) is 184 Å². The summed E-state index contributed by atoms with van der Waals surface area (Å²) >= 11 is 0. The van der Waals surface area contributed by atoms with Crippen LogP contribution in [0.3, 0.4) is 0 Å². The highest BCUT2D eigenvalue weighted by Gasteiger charge is 2.65. The summed E-state index contributed by atoms with van der Waals surface area (Å²) in [7, 11) is 2.10. The highest BCUT2D eigenvalue weighted by atomic mass is 16.3. The average Bonchev–Trinajstić information content (AvgIpc) is 3.33. The summed E-state index contributed by atoms with van der Waals surface area (Å²) in [4.78, 5) is 5.06. The van der Waals surface area contributed by atoms with Crippen LogP contribution < -0.4 is 5.32 Å². The molecule has 0 aromatic carbocycles. The summed E-state index contributed by atoms with van der Waals surface area (Å²) in [6.07, 6.45) is 25.9. The quantitative estimate of drug-likeness (QED) is 0.276. The van der Waals surface area contributed by atoms with Crippen molar-refractivity contribution in [3.05, 3.63) is 0 Å². The van der Waals surface area contributed by atoms with E-state index >= 15 is 0 Å². The van der Waals surface area contributed by atoms with Crippen LogP contribution in [0.15, 0.2) is 4.99 Å². The van der Waals surface area contributed by atoms with Crippen LogP contribution in [-0.2, 0) is 0 Å². The second-order valence-electron chi connectivity index (χ2n) is 21.4. The Bertz CT molecular complexity index is 1260. The van der Waals surface area contributed by atoms with Gasteiger partial charge in [0.25, 0.3) is 0 Å². The zero-order valence-corrected chi connectivity index (χ0v) is 34.3. The first-order valence-electron chi connectivity index (χ1n) is 22.3. The third kappa shape index (κ3) is 5.86. The van der Waals surface area contributed by atoms with Crippen molar-refractivity contribution in [3.63, 3.8) is 0 Å². The van der Waals surface area contributed by atoms with Gasteiger partial charge >= 0.3 is 0 Å². The molecule has 8 rings (SSSR count). The smallest absolute Gasteiger partial charge is 0.0675 e. The van der Waals surface area contributed by atoms with E-state index in [1.807, 2.05) is 20.8 Å². The van der Waals surface area contributed by atoms with Gasteiger partial charge in [-0.15, -0.1) is 0 Å². The molecule has 2 spiro atoms. The molecule has 7 saturated carbocycles. The molecule has 1 saturated heterocycles. The fourth-order valence-electron chi connectivity index (χ4n) is 16.4. The maximum atomic E-state index is 11.5. The van der Waals surface area contributed by atoms with Crippen molar-refractivity contribution in [2.24, 2.45) is 74.5 Å². The van der Waals surface area contributed by atoms with E-state index in [-0.39, 0.29) is 22.6 Å². The molecule has 0 radical (unpaired) electrons. The van der Waals surface area contributed by atoms with Crippen LogP contribution in [0.4, 0.5) is 0 Å². The molecule has 7 aliphatic carbocycles. The summed E-state index contributed by atoms with van der Waals surface area (Å²) in [6, 6.07) is 0. The Morgan fingerprint density at radius 3 is 1.86 bits per heavy atom. The van der Waals surface area contributed by atoms with Gasteiger partial charge in [-0.05, 0) is 193 Å². The molecule has 16 unspecified atom stereocenters. The average molecular weight is 693 g/mol. The minimum Gasteiger partial charge on any atom is -0.393 e. The number of hydrogen-bond acceptors (Lipinski definition) is 4. The van der Waals surface area contributed by atoms with Gasteiger partial charge in [0.2, 0.25) is 0 Å². The molecule has 16 atom stereocenters. The van der Waals surface area contributed by atoms with Gasteiger partial charge in [-0.3, -0.25) is 4.99 Å². The molecule has 1 heterocycles.